The molecule has 2 nitrogen and oxygen atoms in total. The first-order valence-corrected chi connectivity index (χ1v) is 9.83. The second-order valence-electron chi connectivity index (χ2n) is 8.95. The highest BCUT2D eigenvalue weighted by Gasteiger charge is 2.41. The van der Waals surface area contributed by atoms with Crippen LogP contribution in [0.25, 0.3) is 0 Å². The van der Waals surface area contributed by atoms with E-state index in [4.69, 9.17) is 4.74 Å². The SMILES string of the molecule is C=CC[C@@]1(C)CC[C@](C)(CO[C@H](C)c2cc(C(F)(F)F)cc(C(F)(F)F)c2)N(C)C1. The average molecular weight is 437 g/mol. The van der Waals surface area contributed by atoms with Crippen molar-refractivity contribution in [1.82, 2.24) is 4.90 Å². The first kappa shape index (κ1) is 24.7. The molecule has 1 aliphatic heterocycles. The van der Waals surface area contributed by atoms with Crippen LogP contribution in [0.15, 0.2) is 30.9 Å². The number of likely N-dealkylation sites (tertiary alicyclic amines) is 1. The van der Waals surface area contributed by atoms with Gasteiger partial charge in [0.25, 0.3) is 0 Å². The van der Waals surface area contributed by atoms with Crippen molar-refractivity contribution >= 4 is 0 Å². The monoisotopic (exact) mass is 437 g/mol. The van der Waals surface area contributed by atoms with Crippen LogP contribution in [0, 0.1) is 5.41 Å². The Morgan fingerprint density at radius 3 is 2.03 bits per heavy atom. The van der Waals surface area contributed by atoms with E-state index in [0.29, 0.717) is 0 Å². The molecule has 1 fully saturated rings. The highest BCUT2D eigenvalue weighted by atomic mass is 19.4. The second kappa shape index (κ2) is 8.54. The third-order valence-corrected chi connectivity index (χ3v) is 6.17. The van der Waals surface area contributed by atoms with Gasteiger partial charge in [-0.25, -0.2) is 0 Å². The van der Waals surface area contributed by atoms with E-state index in [9.17, 15) is 26.3 Å². The molecule has 0 aromatic heterocycles. The Morgan fingerprint density at radius 1 is 1.07 bits per heavy atom. The van der Waals surface area contributed by atoms with Crippen molar-refractivity contribution in [2.45, 2.75) is 64.0 Å². The van der Waals surface area contributed by atoms with Crippen LogP contribution in [-0.4, -0.2) is 30.6 Å². The maximum Gasteiger partial charge on any atom is 0.416 e. The van der Waals surface area contributed by atoms with Crippen molar-refractivity contribution in [3.05, 3.63) is 47.5 Å². The number of ether oxygens (including phenoxy) is 1. The lowest BCUT2D eigenvalue weighted by atomic mass is 9.73. The zero-order valence-corrected chi connectivity index (χ0v) is 17.8. The molecule has 1 aromatic carbocycles. The van der Waals surface area contributed by atoms with Gasteiger partial charge in [-0.05, 0) is 69.3 Å². The van der Waals surface area contributed by atoms with Gasteiger partial charge in [0.05, 0.1) is 23.8 Å². The van der Waals surface area contributed by atoms with Gasteiger partial charge < -0.3 is 4.74 Å². The maximum absolute atomic E-state index is 13.1. The summed E-state index contributed by atoms with van der Waals surface area (Å²) < 4.78 is 84.4. The van der Waals surface area contributed by atoms with E-state index in [1.54, 1.807) is 0 Å². The summed E-state index contributed by atoms with van der Waals surface area (Å²) in [5.41, 5.74) is -3.07. The molecule has 2 rings (SSSR count). The standard InChI is InChI=1S/C22H29F6NO/c1-6-7-19(3)8-9-20(4,29(5)13-19)14-30-15(2)16-10-17(21(23,24)25)12-18(11-16)22(26,27)28/h6,10-12,15H,1,7-9,13-14H2,2-5H3/t15-,19+,20-/m1/s1. The third kappa shape index (κ3) is 5.78. The van der Waals surface area contributed by atoms with Crippen LogP contribution in [0.2, 0.25) is 0 Å². The van der Waals surface area contributed by atoms with Gasteiger partial charge in [0.2, 0.25) is 0 Å². The molecule has 0 aliphatic carbocycles. The highest BCUT2D eigenvalue weighted by Crippen LogP contribution is 2.41. The van der Waals surface area contributed by atoms with E-state index in [-0.39, 0.29) is 29.2 Å². The molecule has 30 heavy (non-hydrogen) atoms. The summed E-state index contributed by atoms with van der Waals surface area (Å²) in [6.45, 7) is 10.5. The lowest BCUT2D eigenvalue weighted by Gasteiger charge is -2.50. The predicted molar refractivity (Wildman–Crippen MR) is 104 cm³/mol. The van der Waals surface area contributed by atoms with Crippen LogP contribution in [0.3, 0.4) is 0 Å². The van der Waals surface area contributed by atoms with E-state index in [1.807, 2.05) is 20.0 Å². The van der Waals surface area contributed by atoms with Gasteiger partial charge in [-0.3, -0.25) is 4.90 Å². The Morgan fingerprint density at radius 2 is 1.60 bits per heavy atom. The number of halogens is 6. The fourth-order valence-corrected chi connectivity index (χ4v) is 3.92. The average Bonchev–Trinajstić information content (AvgIpc) is 2.62. The van der Waals surface area contributed by atoms with Crippen molar-refractivity contribution < 1.29 is 31.1 Å². The van der Waals surface area contributed by atoms with Crippen molar-refractivity contribution in [3.63, 3.8) is 0 Å². The number of benzene rings is 1. The van der Waals surface area contributed by atoms with Crippen LogP contribution in [0.5, 0.6) is 0 Å². The number of likely N-dealkylation sites (N-methyl/N-ethyl adjacent to an activating group) is 1. The summed E-state index contributed by atoms with van der Waals surface area (Å²) in [7, 11) is 1.96. The molecule has 1 heterocycles. The Labute approximate surface area is 173 Å². The van der Waals surface area contributed by atoms with E-state index >= 15 is 0 Å². The lowest BCUT2D eigenvalue weighted by molar-refractivity contribution is -0.143. The molecule has 0 amide bonds. The van der Waals surface area contributed by atoms with E-state index in [2.05, 4.69) is 18.4 Å². The fraction of sp³-hybridized carbons (Fsp3) is 0.636. The Bertz CT molecular complexity index is 727. The molecule has 0 N–H and O–H groups in total. The largest absolute Gasteiger partial charge is 0.416 e. The molecule has 1 aromatic rings. The summed E-state index contributed by atoms with van der Waals surface area (Å²) in [4.78, 5) is 2.15. The topological polar surface area (TPSA) is 12.5 Å². The number of rotatable bonds is 6. The normalized spacial score (nSPS) is 27.1. The second-order valence-corrected chi connectivity index (χ2v) is 8.95. The van der Waals surface area contributed by atoms with Gasteiger partial charge in [-0.15, -0.1) is 6.58 Å². The predicted octanol–water partition coefficient (Wildman–Crippen LogP) is 6.87. The highest BCUT2D eigenvalue weighted by molar-refractivity contribution is 5.34. The van der Waals surface area contributed by atoms with Crippen molar-refractivity contribution in [3.8, 4) is 0 Å². The van der Waals surface area contributed by atoms with Crippen molar-refractivity contribution in [2.24, 2.45) is 5.41 Å². The summed E-state index contributed by atoms with van der Waals surface area (Å²) in [5, 5.41) is 0. The molecular formula is C22H29F6NO. The molecule has 1 saturated heterocycles. The van der Waals surface area contributed by atoms with Crippen LogP contribution in [0.4, 0.5) is 26.3 Å². The molecule has 1 aliphatic rings. The molecule has 0 bridgehead atoms. The number of nitrogens with zero attached hydrogens (tertiary/aromatic N) is 1. The molecule has 0 spiro atoms. The smallest absolute Gasteiger partial charge is 0.372 e. The maximum atomic E-state index is 13.1. The Balaban J connectivity index is 2.18. The molecule has 0 unspecified atom stereocenters. The van der Waals surface area contributed by atoms with Gasteiger partial charge in [-0.2, -0.15) is 26.3 Å². The Hall–Kier alpha value is -1.54. The number of hydrogen-bond donors (Lipinski definition) is 0. The molecule has 3 atom stereocenters. The molecule has 170 valence electrons. The number of alkyl halides is 6. The zero-order chi connectivity index (χ0) is 23.0. The number of hydrogen-bond acceptors (Lipinski definition) is 2. The Kier molecular flexibility index (Phi) is 7.04. The van der Waals surface area contributed by atoms with Crippen LogP contribution in [0.1, 0.15) is 62.8 Å². The number of piperidine rings is 1. The third-order valence-electron chi connectivity index (χ3n) is 6.17. The number of allylic oxidation sites excluding steroid dienone is 1. The zero-order valence-electron chi connectivity index (χ0n) is 17.8. The lowest BCUT2D eigenvalue weighted by Crippen LogP contribution is -2.55. The molecular weight excluding hydrogens is 408 g/mol. The van der Waals surface area contributed by atoms with Gasteiger partial charge >= 0.3 is 12.4 Å². The minimum Gasteiger partial charge on any atom is -0.372 e. The van der Waals surface area contributed by atoms with Crippen LogP contribution in [-0.2, 0) is 17.1 Å². The van der Waals surface area contributed by atoms with Crippen LogP contribution >= 0.6 is 0 Å². The van der Waals surface area contributed by atoms with E-state index in [1.165, 1.54) is 6.92 Å². The van der Waals surface area contributed by atoms with Crippen molar-refractivity contribution in [1.29, 1.82) is 0 Å². The molecule has 0 radical (unpaired) electrons. The summed E-state index contributed by atoms with van der Waals surface area (Å²) >= 11 is 0. The van der Waals surface area contributed by atoms with E-state index < -0.39 is 29.6 Å². The van der Waals surface area contributed by atoms with Crippen LogP contribution < -0.4 is 0 Å². The van der Waals surface area contributed by atoms with E-state index in [0.717, 1.165) is 37.9 Å². The summed E-state index contributed by atoms with van der Waals surface area (Å²) in [5.74, 6) is 0. The first-order valence-electron chi connectivity index (χ1n) is 9.83. The minimum atomic E-state index is -4.87. The minimum absolute atomic E-state index is 0.0876. The van der Waals surface area contributed by atoms with Gasteiger partial charge in [0.1, 0.15) is 0 Å². The van der Waals surface area contributed by atoms with Gasteiger partial charge in [0.15, 0.2) is 0 Å². The van der Waals surface area contributed by atoms with Crippen molar-refractivity contribution in [2.75, 3.05) is 20.2 Å². The van der Waals surface area contributed by atoms with Gasteiger partial charge in [-0.1, -0.05) is 13.0 Å². The first-order chi connectivity index (χ1) is 13.6. The summed E-state index contributed by atoms with van der Waals surface area (Å²) in [6.07, 6.45) is -6.17. The summed E-state index contributed by atoms with van der Waals surface area (Å²) in [6, 6.07) is 1.59. The van der Waals surface area contributed by atoms with Gasteiger partial charge in [0, 0.05) is 12.1 Å². The quantitative estimate of drug-likeness (QED) is 0.356. The molecule has 8 heteroatoms. The molecule has 0 saturated carbocycles. The fourth-order valence-electron chi connectivity index (χ4n) is 3.92.